The zero-order valence-electron chi connectivity index (χ0n) is 11.1. The predicted molar refractivity (Wildman–Crippen MR) is 79.1 cm³/mol. The number of rotatable bonds is 5. The number of benzene rings is 2. The summed E-state index contributed by atoms with van der Waals surface area (Å²) in [6.07, 6.45) is 0.862. The first-order valence-corrected chi connectivity index (χ1v) is 7.03. The maximum absolute atomic E-state index is 10.8. The van der Waals surface area contributed by atoms with E-state index in [0.717, 1.165) is 23.4 Å². The van der Waals surface area contributed by atoms with Gasteiger partial charge in [-0.2, -0.15) is 0 Å². The molecule has 0 saturated heterocycles. The number of carbonyl (C=O) groups is 1. The summed E-state index contributed by atoms with van der Waals surface area (Å²) >= 11 is 1.75. The van der Waals surface area contributed by atoms with E-state index in [-0.39, 0.29) is 0 Å². The molecule has 0 saturated carbocycles. The summed E-state index contributed by atoms with van der Waals surface area (Å²) in [6.45, 7) is 2.10. The van der Waals surface area contributed by atoms with Crippen LogP contribution in [0.4, 0.5) is 0 Å². The Balaban J connectivity index is 2.19. The molecule has 0 aromatic heterocycles. The van der Waals surface area contributed by atoms with Crippen LogP contribution in [0.15, 0.2) is 47.4 Å². The maximum Gasteiger partial charge on any atom is 0.150 e. The molecule has 0 heterocycles. The van der Waals surface area contributed by atoms with E-state index in [1.807, 2.05) is 24.3 Å². The van der Waals surface area contributed by atoms with Crippen LogP contribution >= 0.6 is 11.8 Å². The highest BCUT2D eigenvalue weighted by Crippen LogP contribution is 2.30. The zero-order valence-corrected chi connectivity index (χ0v) is 11.9. The highest BCUT2D eigenvalue weighted by atomic mass is 32.2. The monoisotopic (exact) mass is 272 g/mol. The van der Waals surface area contributed by atoms with E-state index in [1.54, 1.807) is 24.9 Å². The first-order chi connectivity index (χ1) is 9.24. The number of carbonyl (C=O) groups excluding carboxylic acids is 1. The van der Waals surface area contributed by atoms with Gasteiger partial charge in [-0.05, 0) is 36.8 Å². The molecule has 98 valence electrons. The van der Waals surface area contributed by atoms with Crippen LogP contribution in [0, 0.1) is 6.92 Å². The third-order valence-corrected chi connectivity index (χ3v) is 4.14. The molecule has 0 spiro atoms. The lowest BCUT2D eigenvalue weighted by atomic mass is 10.1. The van der Waals surface area contributed by atoms with Crippen LogP contribution in [0.2, 0.25) is 0 Å². The van der Waals surface area contributed by atoms with Gasteiger partial charge in [0.2, 0.25) is 0 Å². The fourth-order valence-electron chi connectivity index (χ4n) is 1.86. The molecule has 0 aliphatic heterocycles. The van der Waals surface area contributed by atoms with Gasteiger partial charge in [-0.15, -0.1) is 11.8 Å². The lowest BCUT2D eigenvalue weighted by Crippen LogP contribution is -1.93. The van der Waals surface area contributed by atoms with E-state index in [2.05, 4.69) is 19.1 Å². The Hall–Kier alpha value is -1.74. The topological polar surface area (TPSA) is 26.3 Å². The summed E-state index contributed by atoms with van der Waals surface area (Å²) in [5.41, 5.74) is 2.99. The normalized spacial score (nSPS) is 10.2. The molecule has 0 N–H and O–H groups in total. The van der Waals surface area contributed by atoms with Gasteiger partial charge in [0.25, 0.3) is 0 Å². The Kier molecular flexibility index (Phi) is 4.63. The van der Waals surface area contributed by atoms with Crippen molar-refractivity contribution in [1.29, 1.82) is 0 Å². The molecule has 3 heteroatoms. The van der Waals surface area contributed by atoms with Crippen molar-refractivity contribution in [2.24, 2.45) is 0 Å². The van der Waals surface area contributed by atoms with E-state index < -0.39 is 0 Å². The molecule has 0 unspecified atom stereocenters. The minimum absolute atomic E-state index is 0.682. The first kappa shape index (κ1) is 13.7. The number of ether oxygens (including phenoxy) is 1. The second kappa shape index (κ2) is 6.43. The van der Waals surface area contributed by atoms with E-state index in [4.69, 9.17) is 4.74 Å². The number of methoxy groups -OCH3 is 1. The Morgan fingerprint density at radius 1 is 1.21 bits per heavy atom. The Labute approximate surface area is 117 Å². The Morgan fingerprint density at radius 3 is 2.68 bits per heavy atom. The second-order valence-corrected chi connectivity index (χ2v) is 5.26. The fourth-order valence-corrected chi connectivity index (χ4v) is 2.87. The van der Waals surface area contributed by atoms with Crippen LogP contribution in [0.1, 0.15) is 21.5 Å². The van der Waals surface area contributed by atoms with Crippen molar-refractivity contribution in [3.8, 4) is 5.75 Å². The summed E-state index contributed by atoms with van der Waals surface area (Å²) in [5, 5.41) is 0. The first-order valence-electron chi connectivity index (χ1n) is 6.05. The minimum Gasteiger partial charge on any atom is -0.496 e. The van der Waals surface area contributed by atoms with Crippen molar-refractivity contribution in [2.75, 3.05) is 7.11 Å². The van der Waals surface area contributed by atoms with Gasteiger partial charge in [-0.1, -0.05) is 18.2 Å². The van der Waals surface area contributed by atoms with E-state index >= 15 is 0 Å². The van der Waals surface area contributed by atoms with Crippen molar-refractivity contribution >= 4 is 18.0 Å². The molecule has 2 aromatic carbocycles. The lowest BCUT2D eigenvalue weighted by Gasteiger charge is -2.10. The number of aryl methyl sites for hydroxylation is 1. The van der Waals surface area contributed by atoms with E-state index in [1.165, 1.54) is 10.5 Å². The van der Waals surface area contributed by atoms with Gasteiger partial charge < -0.3 is 4.74 Å². The molecular formula is C16H16O2S. The van der Waals surface area contributed by atoms with Crippen LogP contribution in [-0.2, 0) is 5.75 Å². The largest absolute Gasteiger partial charge is 0.496 e. The maximum atomic E-state index is 10.8. The molecule has 0 fully saturated rings. The predicted octanol–water partition coefficient (Wildman–Crippen LogP) is 4.11. The van der Waals surface area contributed by atoms with Crippen LogP contribution in [-0.4, -0.2) is 13.4 Å². The van der Waals surface area contributed by atoms with Crippen molar-refractivity contribution in [3.63, 3.8) is 0 Å². The fraction of sp³-hybridized carbons (Fsp3) is 0.188. The molecule has 0 aliphatic carbocycles. The van der Waals surface area contributed by atoms with Gasteiger partial charge in [-0.3, -0.25) is 4.79 Å². The minimum atomic E-state index is 0.682. The Bertz CT molecular complexity index is 579. The van der Waals surface area contributed by atoms with Gasteiger partial charge in [0.05, 0.1) is 7.11 Å². The highest BCUT2D eigenvalue weighted by Gasteiger charge is 2.06. The third-order valence-electron chi connectivity index (χ3n) is 2.92. The average Bonchev–Trinajstić information content (AvgIpc) is 2.46. The van der Waals surface area contributed by atoms with Crippen molar-refractivity contribution in [1.82, 2.24) is 0 Å². The molecule has 19 heavy (non-hydrogen) atoms. The molecule has 2 rings (SSSR count). The molecule has 0 atom stereocenters. The SMILES string of the molecule is COc1ccc(C=O)cc1CSc1ccccc1C. The summed E-state index contributed by atoms with van der Waals surface area (Å²) in [4.78, 5) is 12.1. The standard InChI is InChI=1S/C16H16O2S/c1-12-5-3-4-6-16(12)19-11-14-9-13(10-17)7-8-15(14)18-2/h3-10H,11H2,1-2H3. The molecule has 0 aliphatic rings. The summed E-state index contributed by atoms with van der Waals surface area (Å²) in [6, 6.07) is 13.8. The number of thioether (sulfide) groups is 1. The zero-order chi connectivity index (χ0) is 13.7. The molecular weight excluding hydrogens is 256 g/mol. The van der Waals surface area contributed by atoms with Gasteiger partial charge in [0.15, 0.2) is 0 Å². The summed E-state index contributed by atoms with van der Waals surface area (Å²) in [7, 11) is 1.65. The lowest BCUT2D eigenvalue weighted by molar-refractivity contribution is 0.112. The molecule has 0 radical (unpaired) electrons. The average molecular weight is 272 g/mol. The van der Waals surface area contributed by atoms with E-state index in [9.17, 15) is 4.79 Å². The van der Waals surface area contributed by atoms with Gasteiger partial charge in [-0.25, -0.2) is 0 Å². The van der Waals surface area contributed by atoms with Gasteiger partial charge in [0, 0.05) is 21.8 Å². The van der Waals surface area contributed by atoms with Crippen molar-refractivity contribution < 1.29 is 9.53 Å². The molecule has 0 bridgehead atoms. The Morgan fingerprint density at radius 2 is 2.00 bits per heavy atom. The van der Waals surface area contributed by atoms with Crippen LogP contribution in [0.3, 0.4) is 0 Å². The van der Waals surface area contributed by atoms with Crippen LogP contribution in [0.25, 0.3) is 0 Å². The smallest absolute Gasteiger partial charge is 0.150 e. The third kappa shape index (κ3) is 3.38. The summed E-state index contributed by atoms with van der Waals surface area (Å²) < 4.78 is 5.33. The van der Waals surface area contributed by atoms with E-state index in [0.29, 0.717) is 5.56 Å². The molecule has 2 nitrogen and oxygen atoms in total. The quantitative estimate of drug-likeness (QED) is 0.605. The van der Waals surface area contributed by atoms with Crippen molar-refractivity contribution in [2.45, 2.75) is 17.6 Å². The summed E-state index contributed by atoms with van der Waals surface area (Å²) in [5.74, 6) is 1.61. The van der Waals surface area contributed by atoms with Crippen molar-refractivity contribution in [3.05, 3.63) is 59.2 Å². The number of hydrogen-bond donors (Lipinski definition) is 0. The second-order valence-electron chi connectivity index (χ2n) is 4.24. The van der Waals surface area contributed by atoms with Gasteiger partial charge >= 0.3 is 0 Å². The van der Waals surface area contributed by atoms with Gasteiger partial charge in [0.1, 0.15) is 12.0 Å². The highest BCUT2D eigenvalue weighted by molar-refractivity contribution is 7.98. The van der Waals surface area contributed by atoms with Crippen LogP contribution in [0.5, 0.6) is 5.75 Å². The molecule has 2 aromatic rings. The van der Waals surface area contributed by atoms with Crippen LogP contribution < -0.4 is 4.74 Å². The molecule has 0 amide bonds. The number of hydrogen-bond acceptors (Lipinski definition) is 3. The number of aldehydes is 1.